The zero-order chi connectivity index (χ0) is 17.6. The molecule has 0 spiro atoms. The van der Waals surface area contributed by atoms with E-state index >= 15 is 0 Å². The number of amides is 1. The zero-order valence-electron chi connectivity index (χ0n) is 14.3. The summed E-state index contributed by atoms with van der Waals surface area (Å²) in [6.45, 7) is 0. The van der Waals surface area contributed by atoms with E-state index in [2.05, 4.69) is 21.7 Å². The molecule has 1 atom stereocenters. The molecule has 1 amide bonds. The molecule has 25 heavy (non-hydrogen) atoms. The molecule has 2 heterocycles. The predicted octanol–water partition coefficient (Wildman–Crippen LogP) is 3.33. The maximum absolute atomic E-state index is 12.5. The largest absolute Gasteiger partial charge is 0.497 e. The van der Waals surface area contributed by atoms with E-state index in [1.165, 1.54) is 5.56 Å². The van der Waals surface area contributed by atoms with Gasteiger partial charge in [0.25, 0.3) is 0 Å². The minimum absolute atomic E-state index is 0.00928. The summed E-state index contributed by atoms with van der Waals surface area (Å²) < 4.78 is 7.14. The van der Waals surface area contributed by atoms with Crippen molar-refractivity contribution in [2.75, 3.05) is 7.11 Å². The highest BCUT2D eigenvalue weighted by atomic mass is 32.1. The Balaban J connectivity index is 1.76. The first kappa shape index (κ1) is 17.2. The van der Waals surface area contributed by atoms with E-state index in [9.17, 15) is 4.79 Å². The summed E-state index contributed by atoms with van der Waals surface area (Å²) >= 11 is 1.65. The van der Waals surface area contributed by atoms with Crippen LogP contribution >= 0.6 is 11.3 Å². The van der Waals surface area contributed by atoms with Crippen LogP contribution in [0.25, 0.3) is 0 Å². The number of thiophene rings is 1. The lowest BCUT2D eigenvalue weighted by Crippen LogP contribution is -2.31. The molecule has 0 fully saturated rings. The number of aromatic nitrogens is 2. The van der Waals surface area contributed by atoms with Crippen LogP contribution in [0.2, 0.25) is 0 Å². The van der Waals surface area contributed by atoms with E-state index in [0.717, 1.165) is 23.6 Å². The van der Waals surface area contributed by atoms with Gasteiger partial charge in [0.1, 0.15) is 17.6 Å². The molecule has 0 unspecified atom stereocenters. The SMILES string of the molecule is COc1ccc([C@H](NC(=O)CCc2ccsc2)c2nccn2C)cc1. The van der Waals surface area contributed by atoms with Crippen molar-refractivity contribution >= 4 is 17.2 Å². The monoisotopic (exact) mass is 355 g/mol. The van der Waals surface area contributed by atoms with Crippen molar-refractivity contribution in [3.8, 4) is 5.75 Å². The van der Waals surface area contributed by atoms with Crippen molar-refractivity contribution in [1.82, 2.24) is 14.9 Å². The lowest BCUT2D eigenvalue weighted by Gasteiger charge is -2.19. The maximum atomic E-state index is 12.5. The fourth-order valence-electron chi connectivity index (χ4n) is 2.67. The molecular weight excluding hydrogens is 334 g/mol. The summed E-state index contributed by atoms with van der Waals surface area (Å²) in [5.74, 6) is 1.59. The van der Waals surface area contributed by atoms with Crippen LogP contribution in [-0.4, -0.2) is 22.6 Å². The molecular formula is C19H21N3O2S. The summed E-state index contributed by atoms with van der Waals surface area (Å²) in [6.07, 6.45) is 4.81. The van der Waals surface area contributed by atoms with Gasteiger partial charge in [-0.15, -0.1) is 0 Å². The van der Waals surface area contributed by atoms with Crippen LogP contribution in [0.5, 0.6) is 5.75 Å². The van der Waals surface area contributed by atoms with E-state index in [1.54, 1.807) is 24.6 Å². The van der Waals surface area contributed by atoms with Gasteiger partial charge in [-0.05, 0) is 46.5 Å². The Morgan fingerprint density at radius 3 is 2.72 bits per heavy atom. The third-order valence-corrected chi connectivity index (χ3v) is 4.82. The second-order valence-electron chi connectivity index (χ2n) is 5.80. The van der Waals surface area contributed by atoms with Crippen molar-refractivity contribution in [2.45, 2.75) is 18.9 Å². The highest BCUT2D eigenvalue weighted by molar-refractivity contribution is 7.07. The second-order valence-corrected chi connectivity index (χ2v) is 6.58. The summed E-state index contributed by atoms with van der Waals surface area (Å²) in [4.78, 5) is 16.9. The van der Waals surface area contributed by atoms with Crippen LogP contribution in [0.1, 0.15) is 29.4 Å². The fourth-order valence-corrected chi connectivity index (χ4v) is 3.38. The van der Waals surface area contributed by atoms with Gasteiger partial charge in [0, 0.05) is 25.9 Å². The van der Waals surface area contributed by atoms with E-state index < -0.39 is 0 Å². The molecule has 0 aliphatic heterocycles. The third-order valence-electron chi connectivity index (χ3n) is 4.09. The highest BCUT2D eigenvalue weighted by Crippen LogP contribution is 2.23. The third kappa shape index (κ3) is 4.28. The van der Waals surface area contributed by atoms with Crippen molar-refractivity contribution in [3.05, 3.63) is 70.4 Å². The number of hydrogen-bond acceptors (Lipinski definition) is 4. The number of rotatable bonds is 7. The number of benzene rings is 1. The molecule has 3 aromatic rings. The molecule has 0 radical (unpaired) electrons. The van der Waals surface area contributed by atoms with Gasteiger partial charge in [-0.3, -0.25) is 4.79 Å². The van der Waals surface area contributed by atoms with Gasteiger partial charge in [-0.25, -0.2) is 4.98 Å². The quantitative estimate of drug-likeness (QED) is 0.707. The Morgan fingerprint density at radius 1 is 1.32 bits per heavy atom. The fraction of sp³-hybridized carbons (Fsp3) is 0.263. The minimum Gasteiger partial charge on any atom is -0.497 e. The van der Waals surface area contributed by atoms with Crippen molar-refractivity contribution in [3.63, 3.8) is 0 Å². The van der Waals surface area contributed by atoms with Gasteiger partial charge in [0.05, 0.1) is 7.11 Å². The first-order chi connectivity index (χ1) is 12.2. The molecule has 130 valence electrons. The van der Waals surface area contributed by atoms with E-state index in [-0.39, 0.29) is 11.9 Å². The second kappa shape index (κ2) is 7.98. The molecule has 0 bridgehead atoms. The summed E-state index contributed by atoms with van der Waals surface area (Å²) in [7, 11) is 3.56. The number of nitrogens with one attached hydrogen (secondary N) is 1. The lowest BCUT2D eigenvalue weighted by molar-refractivity contribution is -0.121. The first-order valence-corrected chi connectivity index (χ1v) is 9.03. The van der Waals surface area contributed by atoms with Crippen LogP contribution in [0, 0.1) is 0 Å². The van der Waals surface area contributed by atoms with Crippen LogP contribution in [0.4, 0.5) is 0 Å². The predicted molar refractivity (Wildman–Crippen MR) is 98.8 cm³/mol. The molecule has 2 aromatic heterocycles. The average molecular weight is 355 g/mol. The van der Waals surface area contributed by atoms with Gasteiger partial charge in [-0.1, -0.05) is 12.1 Å². The Bertz CT molecular complexity index is 810. The van der Waals surface area contributed by atoms with Crippen LogP contribution in [0.3, 0.4) is 0 Å². The molecule has 0 saturated carbocycles. The molecule has 0 aliphatic rings. The number of aryl methyl sites for hydroxylation is 2. The van der Waals surface area contributed by atoms with Crippen LogP contribution in [0.15, 0.2) is 53.5 Å². The molecule has 0 saturated heterocycles. The summed E-state index contributed by atoms with van der Waals surface area (Å²) in [5.41, 5.74) is 2.16. The van der Waals surface area contributed by atoms with Crippen LogP contribution < -0.4 is 10.1 Å². The first-order valence-electron chi connectivity index (χ1n) is 8.09. The normalized spacial score (nSPS) is 11.9. The van der Waals surface area contributed by atoms with E-state index in [0.29, 0.717) is 6.42 Å². The van der Waals surface area contributed by atoms with Crippen molar-refractivity contribution < 1.29 is 9.53 Å². The standard InChI is InChI=1S/C19H21N3O2S/c1-22-11-10-20-19(22)18(15-4-6-16(24-2)7-5-15)21-17(23)8-3-14-9-12-25-13-14/h4-7,9-13,18H,3,8H2,1-2H3,(H,21,23)/t18-/m0/s1. The molecule has 6 heteroatoms. The number of carbonyl (C=O) groups excluding carboxylic acids is 1. The zero-order valence-corrected chi connectivity index (χ0v) is 15.1. The molecule has 5 nitrogen and oxygen atoms in total. The molecule has 1 aromatic carbocycles. The summed E-state index contributed by atoms with van der Waals surface area (Å²) in [5, 5.41) is 7.22. The van der Waals surface area contributed by atoms with Gasteiger partial charge < -0.3 is 14.6 Å². The Labute approximate surface area is 151 Å². The average Bonchev–Trinajstić information content (AvgIpc) is 3.30. The lowest BCUT2D eigenvalue weighted by atomic mass is 10.1. The highest BCUT2D eigenvalue weighted by Gasteiger charge is 2.20. The Hall–Kier alpha value is -2.60. The van der Waals surface area contributed by atoms with Crippen molar-refractivity contribution in [1.29, 1.82) is 0 Å². The number of methoxy groups -OCH3 is 1. The Kier molecular flexibility index (Phi) is 5.50. The number of carbonyl (C=O) groups is 1. The maximum Gasteiger partial charge on any atom is 0.221 e. The topological polar surface area (TPSA) is 56.1 Å². The smallest absolute Gasteiger partial charge is 0.221 e. The van der Waals surface area contributed by atoms with Crippen molar-refractivity contribution in [2.24, 2.45) is 7.05 Å². The molecule has 3 rings (SSSR count). The summed E-state index contributed by atoms with van der Waals surface area (Å²) in [6, 6.07) is 9.46. The number of imidazole rings is 1. The van der Waals surface area contributed by atoms with Gasteiger partial charge >= 0.3 is 0 Å². The number of hydrogen-bond donors (Lipinski definition) is 1. The van der Waals surface area contributed by atoms with Crippen LogP contribution in [-0.2, 0) is 18.3 Å². The van der Waals surface area contributed by atoms with Gasteiger partial charge in [0.15, 0.2) is 0 Å². The Morgan fingerprint density at radius 2 is 2.12 bits per heavy atom. The molecule has 1 N–H and O–H groups in total. The van der Waals surface area contributed by atoms with E-state index in [1.807, 2.05) is 47.5 Å². The van der Waals surface area contributed by atoms with E-state index in [4.69, 9.17) is 4.74 Å². The van der Waals surface area contributed by atoms with Gasteiger partial charge in [0.2, 0.25) is 5.91 Å². The molecule has 0 aliphatic carbocycles. The number of nitrogens with zero attached hydrogens (tertiary/aromatic N) is 2. The van der Waals surface area contributed by atoms with Gasteiger partial charge in [-0.2, -0.15) is 11.3 Å². The minimum atomic E-state index is -0.291. The number of ether oxygens (including phenoxy) is 1.